The number of aldehydes is 1. The molecule has 1 heterocycles. The second-order valence-electron chi connectivity index (χ2n) is 8.60. The van der Waals surface area contributed by atoms with Crippen molar-refractivity contribution in [1.29, 1.82) is 0 Å². The maximum Gasteiger partial charge on any atom is 0.121 e. The van der Waals surface area contributed by atoms with Gasteiger partial charge in [0.25, 0.3) is 0 Å². The number of piperazine rings is 1. The van der Waals surface area contributed by atoms with E-state index in [1.165, 1.54) is 109 Å². The van der Waals surface area contributed by atoms with Gasteiger partial charge in [0.15, 0.2) is 0 Å². The van der Waals surface area contributed by atoms with Gasteiger partial charge in [-0.05, 0) is 13.0 Å². The molecule has 1 fully saturated rings. The molecular formula is C24H48N2O. The summed E-state index contributed by atoms with van der Waals surface area (Å²) in [5.41, 5.74) is 0. The number of carbonyl (C=O) groups is 1. The summed E-state index contributed by atoms with van der Waals surface area (Å²) in [4.78, 5) is 13.3. The average Bonchev–Trinajstić information content (AvgIpc) is 2.69. The van der Waals surface area contributed by atoms with E-state index in [1.54, 1.807) is 0 Å². The number of hydrogen-bond acceptors (Lipinski definition) is 3. The minimum Gasteiger partial charge on any atom is -0.314 e. The molecule has 160 valence electrons. The second-order valence-corrected chi connectivity index (χ2v) is 8.60. The molecule has 1 aliphatic heterocycles. The molecule has 1 rings (SSSR count). The lowest BCUT2D eigenvalue weighted by Gasteiger charge is -2.35. The van der Waals surface area contributed by atoms with Crippen LogP contribution in [0, 0.1) is 0 Å². The Labute approximate surface area is 170 Å². The highest BCUT2D eigenvalue weighted by Gasteiger charge is 2.20. The van der Waals surface area contributed by atoms with E-state index < -0.39 is 0 Å². The van der Waals surface area contributed by atoms with Crippen LogP contribution in [-0.4, -0.2) is 43.4 Å². The Morgan fingerprint density at radius 2 is 1.26 bits per heavy atom. The topological polar surface area (TPSA) is 32.3 Å². The van der Waals surface area contributed by atoms with Crippen molar-refractivity contribution in [1.82, 2.24) is 10.2 Å². The van der Waals surface area contributed by atoms with Crippen LogP contribution in [0.15, 0.2) is 0 Å². The molecule has 0 amide bonds. The summed E-state index contributed by atoms with van der Waals surface area (Å²) in [7, 11) is 0. The molecule has 1 saturated heterocycles. The molecule has 0 spiro atoms. The molecule has 1 atom stereocenters. The van der Waals surface area contributed by atoms with Crippen LogP contribution in [0.1, 0.15) is 116 Å². The van der Waals surface area contributed by atoms with E-state index >= 15 is 0 Å². The molecule has 0 aliphatic carbocycles. The maximum atomic E-state index is 10.8. The molecule has 3 nitrogen and oxygen atoms in total. The standard InChI is InChI=1S/C24H48N2O/c1-2-3-4-5-6-7-8-9-10-11-12-13-14-15-16-17-20-26-21-19-25-23-24(26)18-22-27/h22,24-25H,2-21,23H2,1H3. The van der Waals surface area contributed by atoms with Crippen LogP contribution < -0.4 is 5.32 Å². The lowest BCUT2D eigenvalue weighted by atomic mass is 10.0. The molecule has 0 bridgehead atoms. The molecular weight excluding hydrogens is 332 g/mol. The van der Waals surface area contributed by atoms with Crippen molar-refractivity contribution in [3.8, 4) is 0 Å². The number of unbranched alkanes of at least 4 members (excludes halogenated alkanes) is 15. The molecule has 0 aromatic heterocycles. The van der Waals surface area contributed by atoms with Crippen molar-refractivity contribution < 1.29 is 4.79 Å². The van der Waals surface area contributed by atoms with Gasteiger partial charge < -0.3 is 10.1 Å². The van der Waals surface area contributed by atoms with Crippen molar-refractivity contribution in [2.75, 3.05) is 26.2 Å². The fourth-order valence-electron chi connectivity index (χ4n) is 4.30. The lowest BCUT2D eigenvalue weighted by molar-refractivity contribution is -0.109. The number of rotatable bonds is 19. The normalized spacial score (nSPS) is 18.0. The van der Waals surface area contributed by atoms with Crippen molar-refractivity contribution in [3.05, 3.63) is 0 Å². The highest BCUT2D eigenvalue weighted by atomic mass is 16.1. The Kier molecular flexibility index (Phi) is 17.3. The Balaban J connectivity index is 1.78. The van der Waals surface area contributed by atoms with Gasteiger partial charge in [0.05, 0.1) is 0 Å². The molecule has 0 aromatic rings. The largest absolute Gasteiger partial charge is 0.314 e. The van der Waals surface area contributed by atoms with E-state index in [0.717, 1.165) is 25.9 Å². The van der Waals surface area contributed by atoms with Gasteiger partial charge >= 0.3 is 0 Å². The summed E-state index contributed by atoms with van der Waals surface area (Å²) < 4.78 is 0. The minimum atomic E-state index is 0.438. The van der Waals surface area contributed by atoms with Crippen LogP contribution in [0.5, 0.6) is 0 Å². The van der Waals surface area contributed by atoms with Crippen LogP contribution >= 0.6 is 0 Å². The molecule has 0 radical (unpaired) electrons. The fraction of sp³-hybridized carbons (Fsp3) is 0.958. The highest BCUT2D eigenvalue weighted by molar-refractivity contribution is 5.50. The zero-order chi connectivity index (χ0) is 19.4. The molecule has 1 unspecified atom stereocenters. The lowest BCUT2D eigenvalue weighted by Crippen LogP contribution is -2.51. The quantitative estimate of drug-likeness (QED) is 0.217. The third-order valence-electron chi connectivity index (χ3n) is 6.14. The molecule has 1 aliphatic rings. The summed E-state index contributed by atoms with van der Waals surface area (Å²) in [6.07, 6.45) is 24.5. The van der Waals surface area contributed by atoms with Crippen LogP contribution in [-0.2, 0) is 4.79 Å². The highest BCUT2D eigenvalue weighted by Crippen LogP contribution is 2.14. The van der Waals surface area contributed by atoms with Crippen molar-refractivity contribution in [2.24, 2.45) is 0 Å². The van der Waals surface area contributed by atoms with E-state index in [0.29, 0.717) is 12.5 Å². The van der Waals surface area contributed by atoms with Crippen molar-refractivity contribution >= 4 is 6.29 Å². The number of nitrogens with one attached hydrogen (secondary N) is 1. The van der Waals surface area contributed by atoms with E-state index in [2.05, 4.69) is 17.1 Å². The first-order valence-electron chi connectivity index (χ1n) is 12.3. The zero-order valence-corrected chi connectivity index (χ0v) is 18.4. The van der Waals surface area contributed by atoms with E-state index in [1.807, 2.05) is 0 Å². The monoisotopic (exact) mass is 380 g/mol. The second kappa shape index (κ2) is 18.9. The summed E-state index contributed by atoms with van der Waals surface area (Å²) in [5.74, 6) is 0. The summed E-state index contributed by atoms with van der Waals surface area (Å²) in [6.45, 7) is 6.64. The Bertz CT molecular complexity index is 322. The van der Waals surface area contributed by atoms with Gasteiger partial charge in [-0.2, -0.15) is 0 Å². The van der Waals surface area contributed by atoms with Gasteiger partial charge in [-0.15, -0.1) is 0 Å². The maximum absolute atomic E-state index is 10.8. The van der Waals surface area contributed by atoms with Gasteiger partial charge in [-0.1, -0.05) is 103 Å². The molecule has 27 heavy (non-hydrogen) atoms. The van der Waals surface area contributed by atoms with Gasteiger partial charge in [0, 0.05) is 32.1 Å². The van der Waals surface area contributed by atoms with Gasteiger partial charge in [0.1, 0.15) is 6.29 Å². The number of carbonyl (C=O) groups excluding carboxylic acids is 1. The predicted molar refractivity (Wildman–Crippen MR) is 118 cm³/mol. The first kappa shape index (κ1) is 24.6. The van der Waals surface area contributed by atoms with E-state index in [4.69, 9.17) is 0 Å². The van der Waals surface area contributed by atoms with Crippen LogP contribution in [0.2, 0.25) is 0 Å². The first-order valence-corrected chi connectivity index (χ1v) is 12.3. The molecule has 0 saturated carbocycles. The van der Waals surface area contributed by atoms with Crippen molar-refractivity contribution in [2.45, 2.75) is 122 Å². The van der Waals surface area contributed by atoms with Crippen LogP contribution in [0.4, 0.5) is 0 Å². The van der Waals surface area contributed by atoms with Crippen molar-refractivity contribution in [3.63, 3.8) is 0 Å². The fourth-order valence-corrected chi connectivity index (χ4v) is 4.30. The van der Waals surface area contributed by atoms with E-state index in [-0.39, 0.29) is 0 Å². The third kappa shape index (κ3) is 14.3. The van der Waals surface area contributed by atoms with Gasteiger partial charge in [-0.25, -0.2) is 0 Å². The SMILES string of the molecule is CCCCCCCCCCCCCCCCCCN1CCNCC1CC=O. The Hall–Kier alpha value is -0.410. The number of hydrogen-bond donors (Lipinski definition) is 1. The molecule has 3 heteroatoms. The van der Waals surface area contributed by atoms with Crippen LogP contribution in [0.25, 0.3) is 0 Å². The predicted octanol–water partition coefficient (Wildman–Crippen LogP) is 6.11. The molecule has 1 N–H and O–H groups in total. The third-order valence-corrected chi connectivity index (χ3v) is 6.14. The Morgan fingerprint density at radius 1 is 0.778 bits per heavy atom. The van der Waals surface area contributed by atoms with E-state index in [9.17, 15) is 4.79 Å². The summed E-state index contributed by atoms with van der Waals surface area (Å²) in [5, 5.41) is 3.41. The summed E-state index contributed by atoms with van der Waals surface area (Å²) >= 11 is 0. The minimum absolute atomic E-state index is 0.438. The smallest absolute Gasteiger partial charge is 0.121 e. The van der Waals surface area contributed by atoms with Gasteiger partial charge in [-0.3, -0.25) is 4.90 Å². The van der Waals surface area contributed by atoms with Crippen LogP contribution in [0.3, 0.4) is 0 Å². The first-order chi connectivity index (χ1) is 13.4. The zero-order valence-electron chi connectivity index (χ0n) is 18.4. The number of nitrogens with zero attached hydrogens (tertiary/aromatic N) is 1. The Morgan fingerprint density at radius 3 is 1.74 bits per heavy atom. The average molecular weight is 381 g/mol. The molecule has 0 aromatic carbocycles. The van der Waals surface area contributed by atoms with Gasteiger partial charge in [0.2, 0.25) is 0 Å². The summed E-state index contributed by atoms with van der Waals surface area (Å²) in [6, 6.07) is 0.438.